The van der Waals surface area contributed by atoms with Gasteiger partial charge in [-0.3, -0.25) is 0 Å². The zero-order valence-corrected chi connectivity index (χ0v) is 5.35. The zero-order valence-electron chi connectivity index (χ0n) is 2.93. The van der Waals surface area contributed by atoms with Crippen molar-refractivity contribution in [2.24, 2.45) is 0 Å². The molecule has 6 heavy (non-hydrogen) atoms. The van der Waals surface area contributed by atoms with Gasteiger partial charge in [0.15, 0.2) is 0 Å². The van der Waals surface area contributed by atoms with Crippen LogP contribution >= 0.6 is 0 Å². The summed E-state index contributed by atoms with van der Waals surface area (Å²) in [5.74, 6) is 0. The van der Waals surface area contributed by atoms with Gasteiger partial charge in [-0.1, -0.05) is 0 Å². The van der Waals surface area contributed by atoms with Gasteiger partial charge in [-0.05, 0) is 0 Å². The van der Waals surface area contributed by atoms with Crippen LogP contribution in [0.15, 0.2) is 0 Å². The molecule has 4 nitrogen and oxygen atoms in total. The molecular formula is H2MgO4Si. The minimum Gasteiger partial charge on any atom is -0.672 e. The van der Waals surface area contributed by atoms with Gasteiger partial charge in [0.2, 0.25) is 0 Å². The Labute approximate surface area is 52.2 Å². The van der Waals surface area contributed by atoms with Crippen molar-refractivity contribution in [3.05, 3.63) is 0 Å². The first-order valence-electron chi connectivity index (χ1n) is 0.612. The predicted molar refractivity (Wildman–Crippen MR) is 15.8 cm³/mol. The molecule has 0 fully saturated rings. The van der Waals surface area contributed by atoms with Crippen LogP contribution in [-0.2, 0) is 4.46 Å². The van der Waals surface area contributed by atoms with E-state index in [-0.39, 0.29) is 28.5 Å². The second-order valence-corrected chi connectivity index (χ2v) is 0.750. The Hall–Kier alpha value is 0.343. The summed E-state index contributed by atoms with van der Waals surface area (Å²) in [6.45, 7) is 0. The van der Waals surface area contributed by atoms with Gasteiger partial charge >= 0.3 is 23.1 Å². The van der Waals surface area contributed by atoms with Gasteiger partial charge in [0.05, 0.1) is 0 Å². The molecule has 32 valence electrons. The number of hydrogen-bond acceptors (Lipinski definition) is 3. The van der Waals surface area contributed by atoms with E-state index >= 15 is 0 Å². The molecular weight excluding hydrogens is 116 g/mol. The van der Waals surface area contributed by atoms with Crippen molar-refractivity contribution >= 4 is 32.2 Å². The maximum Gasteiger partial charge on any atom is 2.00 e. The van der Waals surface area contributed by atoms with Gasteiger partial charge in [-0.2, -0.15) is 0 Å². The zero-order chi connectivity index (χ0) is 3.58. The molecule has 0 aromatic rings. The van der Waals surface area contributed by atoms with Gasteiger partial charge in [0.1, 0.15) is 0 Å². The fourth-order valence-electron chi connectivity index (χ4n) is 0. The molecule has 0 heterocycles. The van der Waals surface area contributed by atoms with Crippen LogP contribution in [0.5, 0.6) is 0 Å². The molecule has 0 bridgehead atoms. The number of rotatable bonds is 0. The van der Waals surface area contributed by atoms with E-state index in [0.717, 1.165) is 0 Å². The predicted octanol–water partition coefficient (Wildman–Crippen LogP) is -4.08. The fraction of sp³-hybridized carbons (Fsp3) is 0. The largest absolute Gasteiger partial charge is 2.00 e. The maximum absolute atomic E-state index is 8.52. The molecule has 0 saturated heterocycles. The van der Waals surface area contributed by atoms with Gasteiger partial charge < -0.3 is 19.5 Å². The first kappa shape index (κ1) is 16.2. The summed E-state index contributed by atoms with van der Waals surface area (Å²) >= 11 is 0. The first-order chi connectivity index (χ1) is 1.73. The van der Waals surface area contributed by atoms with Crippen molar-refractivity contribution < 1.29 is 19.5 Å². The molecule has 6 heteroatoms. The SMILES string of the molecule is O.O=[Si]([O-])[O-].[Mg+2]. The Kier molecular flexibility index (Phi) is 24.4. The van der Waals surface area contributed by atoms with Crippen molar-refractivity contribution in [1.82, 2.24) is 0 Å². The van der Waals surface area contributed by atoms with E-state index in [1.54, 1.807) is 0 Å². The Morgan fingerprint density at radius 2 is 1.33 bits per heavy atom. The van der Waals surface area contributed by atoms with E-state index in [9.17, 15) is 0 Å². The summed E-state index contributed by atoms with van der Waals surface area (Å²) in [7, 11) is -3.63. The van der Waals surface area contributed by atoms with E-state index in [1.807, 2.05) is 0 Å². The molecule has 0 unspecified atom stereocenters. The quantitative estimate of drug-likeness (QED) is 0.303. The summed E-state index contributed by atoms with van der Waals surface area (Å²) in [6.07, 6.45) is 0. The summed E-state index contributed by atoms with van der Waals surface area (Å²) < 4.78 is 8.52. The Morgan fingerprint density at radius 3 is 1.33 bits per heavy atom. The Morgan fingerprint density at radius 1 is 1.33 bits per heavy atom. The fourth-order valence-corrected chi connectivity index (χ4v) is 0. The summed E-state index contributed by atoms with van der Waals surface area (Å²) in [5.41, 5.74) is 0. The van der Waals surface area contributed by atoms with E-state index in [2.05, 4.69) is 0 Å². The van der Waals surface area contributed by atoms with Gasteiger partial charge in [-0.25, -0.2) is 0 Å². The minimum absolute atomic E-state index is 0. The van der Waals surface area contributed by atoms with Crippen LogP contribution in [0.2, 0.25) is 0 Å². The molecule has 0 saturated carbocycles. The molecule has 0 amide bonds. The molecule has 0 aliphatic carbocycles. The van der Waals surface area contributed by atoms with Crippen molar-refractivity contribution in [1.29, 1.82) is 0 Å². The molecule has 0 aromatic carbocycles. The van der Waals surface area contributed by atoms with E-state index in [1.165, 1.54) is 0 Å². The van der Waals surface area contributed by atoms with Crippen LogP contribution in [0.4, 0.5) is 0 Å². The van der Waals surface area contributed by atoms with Crippen LogP contribution in [-0.4, -0.2) is 37.7 Å². The van der Waals surface area contributed by atoms with Crippen LogP contribution < -0.4 is 9.59 Å². The van der Waals surface area contributed by atoms with Crippen LogP contribution in [0.3, 0.4) is 0 Å². The number of hydrogen-bond donors (Lipinski definition) is 0. The topological polar surface area (TPSA) is 94.7 Å². The molecule has 0 radical (unpaired) electrons. The third-order valence-electron chi connectivity index (χ3n) is 0. The second kappa shape index (κ2) is 9.02. The molecule has 2 N–H and O–H groups in total. The molecule has 0 atom stereocenters. The standard InChI is InChI=1S/Mg.O3Si.H2O/c;1-4(2)3;/h;;1H2/q+2;-2;. The van der Waals surface area contributed by atoms with Crippen molar-refractivity contribution in [3.8, 4) is 0 Å². The molecule has 0 spiro atoms. The van der Waals surface area contributed by atoms with Crippen molar-refractivity contribution in [2.45, 2.75) is 0 Å². The minimum atomic E-state index is -3.63. The van der Waals surface area contributed by atoms with E-state index in [0.29, 0.717) is 0 Å². The third kappa shape index (κ3) is 412. The normalized spacial score (nSPS) is 4.00. The smallest absolute Gasteiger partial charge is 0.672 e. The van der Waals surface area contributed by atoms with E-state index < -0.39 is 9.17 Å². The van der Waals surface area contributed by atoms with Gasteiger partial charge in [-0.15, -0.1) is 0 Å². The monoisotopic (exact) mass is 118 g/mol. The third-order valence-corrected chi connectivity index (χ3v) is 0. The van der Waals surface area contributed by atoms with Crippen molar-refractivity contribution in [3.63, 3.8) is 0 Å². The summed E-state index contributed by atoms with van der Waals surface area (Å²) in [4.78, 5) is 17.0. The van der Waals surface area contributed by atoms with Crippen LogP contribution in [0.25, 0.3) is 0 Å². The Balaban J connectivity index is -0.0000000450. The second-order valence-electron chi connectivity index (χ2n) is 0.250. The van der Waals surface area contributed by atoms with E-state index in [4.69, 9.17) is 14.1 Å². The maximum atomic E-state index is 8.52. The molecule has 0 aliphatic rings. The molecule has 0 aliphatic heterocycles. The molecule has 0 rings (SSSR count). The molecule has 0 aromatic heterocycles. The summed E-state index contributed by atoms with van der Waals surface area (Å²) in [6, 6.07) is 0. The van der Waals surface area contributed by atoms with Crippen LogP contribution in [0.1, 0.15) is 0 Å². The first-order valence-corrected chi connectivity index (χ1v) is 1.84. The summed E-state index contributed by atoms with van der Waals surface area (Å²) in [5, 5.41) is 0. The van der Waals surface area contributed by atoms with Gasteiger partial charge in [0.25, 0.3) is 0 Å². The van der Waals surface area contributed by atoms with Crippen molar-refractivity contribution in [2.75, 3.05) is 0 Å². The average Bonchev–Trinajstić information content (AvgIpc) is 0.811. The van der Waals surface area contributed by atoms with Crippen LogP contribution in [0, 0.1) is 0 Å². The van der Waals surface area contributed by atoms with Gasteiger partial charge in [0, 0.05) is 9.17 Å². The average molecular weight is 118 g/mol. The Bertz CT molecular complexity index is 30.5.